The molecule has 6 nitrogen and oxygen atoms in total. The third-order valence-electron chi connectivity index (χ3n) is 3.32. The van der Waals surface area contributed by atoms with Crippen molar-refractivity contribution in [2.24, 2.45) is 0 Å². The van der Waals surface area contributed by atoms with Gasteiger partial charge in [-0.1, -0.05) is 12.1 Å². The molecular formula is C15H20N4O2. The maximum Gasteiger partial charge on any atom is 0.264 e. The van der Waals surface area contributed by atoms with E-state index in [4.69, 9.17) is 9.26 Å². The zero-order chi connectivity index (χ0) is 14.5. The first-order valence-electron chi connectivity index (χ1n) is 7.46. The van der Waals surface area contributed by atoms with E-state index >= 15 is 0 Å². The second-order valence-corrected chi connectivity index (χ2v) is 5.27. The number of nitrogens with zero attached hydrogens (tertiary/aromatic N) is 3. The molecule has 0 unspecified atom stereocenters. The Labute approximate surface area is 123 Å². The van der Waals surface area contributed by atoms with Gasteiger partial charge in [0.1, 0.15) is 5.75 Å². The van der Waals surface area contributed by atoms with Crippen LogP contribution in [0.4, 0.5) is 0 Å². The molecule has 0 radical (unpaired) electrons. The van der Waals surface area contributed by atoms with Crippen molar-refractivity contribution in [3.63, 3.8) is 0 Å². The number of hydrogen-bond acceptors (Lipinski definition) is 6. The van der Waals surface area contributed by atoms with Crippen molar-refractivity contribution in [3.05, 3.63) is 35.7 Å². The SMILES string of the molecule is CCCNCc1ccc(OCc2nc(C3CC3)no2)cn1. The summed E-state index contributed by atoms with van der Waals surface area (Å²) in [6.45, 7) is 4.21. The summed E-state index contributed by atoms with van der Waals surface area (Å²) in [6.07, 6.45) is 5.17. The first kappa shape index (κ1) is 14.0. The van der Waals surface area contributed by atoms with Gasteiger partial charge in [0.25, 0.3) is 5.89 Å². The van der Waals surface area contributed by atoms with Gasteiger partial charge < -0.3 is 14.6 Å². The molecule has 112 valence electrons. The van der Waals surface area contributed by atoms with Gasteiger partial charge in [-0.3, -0.25) is 4.98 Å². The summed E-state index contributed by atoms with van der Waals surface area (Å²) in [6, 6.07) is 3.87. The van der Waals surface area contributed by atoms with Crippen LogP contribution < -0.4 is 10.1 Å². The third-order valence-corrected chi connectivity index (χ3v) is 3.32. The minimum Gasteiger partial charge on any atom is -0.482 e. The highest BCUT2D eigenvalue weighted by molar-refractivity contribution is 5.19. The molecule has 0 saturated heterocycles. The maximum atomic E-state index is 5.61. The average Bonchev–Trinajstić information content (AvgIpc) is 3.26. The number of ether oxygens (including phenoxy) is 1. The van der Waals surface area contributed by atoms with Crippen LogP contribution in [0.3, 0.4) is 0 Å². The van der Waals surface area contributed by atoms with Crippen LogP contribution in [0.25, 0.3) is 0 Å². The van der Waals surface area contributed by atoms with E-state index in [1.807, 2.05) is 12.1 Å². The molecule has 0 atom stereocenters. The fourth-order valence-electron chi connectivity index (χ4n) is 1.97. The van der Waals surface area contributed by atoms with Crippen LogP contribution in [0.2, 0.25) is 0 Å². The summed E-state index contributed by atoms with van der Waals surface area (Å²) in [4.78, 5) is 8.67. The lowest BCUT2D eigenvalue weighted by atomic mass is 10.3. The van der Waals surface area contributed by atoms with E-state index in [-0.39, 0.29) is 6.61 Å². The van der Waals surface area contributed by atoms with Crippen LogP contribution >= 0.6 is 0 Å². The van der Waals surface area contributed by atoms with Gasteiger partial charge in [0, 0.05) is 12.5 Å². The summed E-state index contributed by atoms with van der Waals surface area (Å²) >= 11 is 0. The average molecular weight is 288 g/mol. The largest absolute Gasteiger partial charge is 0.482 e. The van der Waals surface area contributed by atoms with Crippen molar-refractivity contribution in [1.82, 2.24) is 20.4 Å². The second kappa shape index (κ2) is 6.67. The highest BCUT2D eigenvalue weighted by Gasteiger charge is 2.28. The van der Waals surface area contributed by atoms with Gasteiger partial charge in [0.2, 0.25) is 0 Å². The Morgan fingerprint density at radius 3 is 3.00 bits per heavy atom. The number of pyridine rings is 1. The molecule has 1 fully saturated rings. The van der Waals surface area contributed by atoms with Gasteiger partial charge in [-0.25, -0.2) is 0 Å². The highest BCUT2D eigenvalue weighted by Crippen LogP contribution is 2.38. The molecule has 1 saturated carbocycles. The van der Waals surface area contributed by atoms with E-state index in [1.54, 1.807) is 6.20 Å². The molecule has 2 aromatic rings. The van der Waals surface area contributed by atoms with Crippen LogP contribution in [0, 0.1) is 0 Å². The zero-order valence-corrected chi connectivity index (χ0v) is 12.2. The Bertz CT molecular complexity index is 563. The van der Waals surface area contributed by atoms with Crippen LogP contribution in [0.1, 0.15) is 49.5 Å². The molecule has 0 bridgehead atoms. The smallest absolute Gasteiger partial charge is 0.264 e. The minimum absolute atomic E-state index is 0.287. The molecule has 1 N–H and O–H groups in total. The van der Waals surface area contributed by atoms with Crippen LogP contribution in [0.15, 0.2) is 22.9 Å². The maximum absolute atomic E-state index is 5.61. The molecule has 6 heteroatoms. The fourth-order valence-corrected chi connectivity index (χ4v) is 1.97. The molecule has 0 aliphatic heterocycles. The van der Waals surface area contributed by atoms with Crippen molar-refractivity contribution in [3.8, 4) is 5.75 Å². The summed E-state index contributed by atoms with van der Waals surface area (Å²) in [7, 11) is 0. The van der Waals surface area contributed by atoms with Crippen molar-refractivity contribution < 1.29 is 9.26 Å². The van der Waals surface area contributed by atoms with Gasteiger partial charge in [0.15, 0.2) is 12.4 Å². The first-order chi connectivity index (χ1) is 10.3. The zero-order valence-electron chi connectivity index (χ0n) is 12.2. The molecule has 2 heterocycles. The van der Waals surface area contributed by atoms with Crippen LogP contribution in [0.5, 0.6) is 5.75 Å². The normalized spacial score (nSPS) is 14.3. The van der Waals surface area contributed by atoms with Gasteiger partial charge in [-0.05, 0) is 37.9 Å². The third kappa shape index (κ3) is 4.01. The lowest BCUT2D eigenvalue weighted by molar-refractivity contribution is 0.241. The van der Waals surface area contributed by atoms with E-state index in [2.05, 4.69) is 27.4 Å². The number of aromatic nitrogens is 3. The van der Waals surface area contributed by atoms with E-state index in [0.717, 1.165) is 43.9 Å². The summed E-state index contributed by atoms with van der Waals surface area (Å²) in [5, 5.41) is 7.27. The second-order valence-electron chi connectivity index (χ2n) is 5.27. The highest BCUT2D eigenvalue weighted by atomic mass is 16.5. The summed E-state index contributed by atoms with van der Waals surface area (Å²) in [5.74, 6) is 2.54. The quantitative estimate of drug-likeness (QED) is 0.752. The standard InChI is InChI=1S/C15H20N4O2/c1-2-7-16-8-12-5-6-13(9-17-12)20-10-14-18-15(19-21-14)11-3-4-11/h5-6,9,11,16H,2-4,7-8,10H2,1H3. The lowest BCUT2D eigenvalue weighted by Gasteiger charge is -2.05. The van der Waals surface area contributed by atoms with E-state index in [1.165, 1.54) is 0 Å². The van der Waals surface area contributed by atoms with Gasteiger partial charge in [-0.15, -0.1) is 0 Å². The molecule has 2 aromatic heterocycles. The minimum atomic E-state index is 0.287. The number of hydrogen-bond donors (Lipinski definition) is 1. The van der Waals surface area contributed by atoms with E-state index < -0.39 is 0 Å². The molecule has 3 rings (SSSR count). The molecule has 0 aromatic carbocycles. The first-order valence-corrected chi connectivity index (χ1v) is 7.46. The lowest BCUT2D eigenvalue weighted by Crippen LogP contribution is -2.14. The molecule has 0 spiro atoms. The van der Waals surface area contributed by atoms with E-state index in [0.29, 0.717) is 17.6 Å². The van der Waals surface area contributed by atoms with Crippen LogP contribution in [-0.4, -0.2) is 21.7 Å². The molecule has 1 aliphatic rings. The van der Waals surface area contributed by atoms with Gasteiger partial charge in [-0.2, -0.15) is 4.98 Å². The Morgan fingerprint density at radius 2 is 2.29 bits per heavy atom. The van der Waals surface area contributed by atoms with Crippen molar-refractivity contribution in [1.29, 1.82) is 0 Å². The molecule has 21 heavy (non-hydrogen) atoms. The Morgan fingerprint density at radius 1 is 1.38 bits per heavy atom. The van der Waals surface area contributed by atoms with Crippen LogP contribution in [-0.2, 0) is 13.2 Å². The Hall–Kier alpha value is -1.95. The van der Waals surface area contributed by atoms with Gasteiger partial charge in [0.05, 0.1) is 11.9 Å². The predicted molar refractivity (Wildman–Crippen MR) is 76.8 cm³/mol. The molecule has 1 aliphatic carbocycles. The Balaban J connectivity index is 1.47. The topological polar surface area (TPSA) is 73.1 Å². The predicted octanol–water partition coefficient (Wildman–Crippen LogP) is 2.42. The summed E-state index contributed by atoms with van der Waals surface area (Å²) < 4.78 is 10.8. The van der Waals surface area contributed by atoms with Crippen molar-refractivity contribution in [2.75, 3.05) is 6.54 Å². The number of nitrogens with one attached hydrogen (secondary N) is 1. The van der Waals surface area contributed by atoms with Crippen molar-refractivity contribution in [2.45, 2.75) is 45.3 Å². The summed E-state index contributed by atoms with van der Waals surface area (Å²) in [5.41, 5.74) is 1.00. The fraction of sp³-hybridized carbons (Fsp3) is 0.533. The molecular weight excluding hydrogens is 268 g/mol. The van der Waals surface area contributed by atoms with Gasteiger partial charge >= 0.3 is 0 Å². The van der Waals surface area contributed by atoms with E-state index in [9.17, 15) is 0 Å². The number of rotatable bonds is 8. The Kier molecular flexibility index (Phi) is 4.45. The monoisotopic (exact) mass is 288 g/mol. The molecule has 0 amide bonds. The van der Waals surface area contributed by atoms with Crippen molar-refractivity contribution >= 4 is 0 Å².